The van der Waals surface area contributed by atoms with Gasteiger partial charge in [0.05, 0.1) is 20.5 Å². The third kappa shape index (κ3) is 5.07. The van der Waals surface area contributed by atoms with E-state index in [9.17, 15) is 13.2 Å². The fourth-order valence-corrected chi connectivity index (χ4v) is 5.50. The van der Waals surface area contributed by atoms with Crippen LogP contribution in [-0.4, -0.2) is 38.9 Å². The van der Waals surface area contributed by atoms with Gasteiger partial charge in [0.25, 0.3) is 0 Å². The normalized spacial score (nSPS) is 17.0. The zero-order valence-electron chi connectivity index (χ0n) is 16.8. The van der Waals surface area contributed by atoms with Crippen molar-refractivity contribution in [1.29, 1.82) is 0 Å². The zero-order valence-corrected chi connectivity index (χ0v) is 19.1. The Morgan fingerprint density at radius 1 is 1.26 bits per heavy atom. The Morgan fingerprint density at radius 2 is 2.03 bits per heavy atom. The van der Waals surface area contributed by atoms with Crippen LogP contribution in [0.5, 0.6) is 0 Å². The maximum absolute atomic E-state index is 13.4. The quantitative estimate of drug-likeness (QED) is 0.566. The molecule has 7 nitrogen and oxygen atoms in total. The van der Waals surface area contributed by atoms with Crippen molar-refractivity contribution in [2.75, 3.05) is 24.5 Å². The van der Waals surface area contributed by atoms with Crippen LogP contribution in [0.3, 0.4) is 0 Å². The second-order valence-corrected chi connectivity index (χ2v) is 10.5. The van der Waals surface area contributed by atoms with E-state index in [2.05, 4.69) is 10.3 Å². The molecule has 4 rings (SSSR count). The largest absolute Gasteiger partial charge is 0.316 e. The first-order valence-electron chi connectivity index (χ1n) is 10.0. The molecule has 1 aliphatic heterocycles. The van der Waals surface area contributed by atoms with Gasteiger partial charge in [-0.05, 0) is 55.6 Å². The average Bonchev–Trinajstić information content (AvgIpc) is 3.19. The summed E-state index contributed by atoms with van der Waals surface area (Å²) in [4.78, 5) is 19.9. The molecule has 3 N–H and O–H groups in total. The van der Waals surface area contributed by atoms with Crippen molar-refractivity contribution in [1.82, 2.24) is 10.3 Å². The fraction of sp³-hybridized carbons (Fsp3) is 0.333. The summed E-state index contributed by atoms with van der Waals surface area (Å²) >= 11 is 7.75. The van der Waals surface area contributed by atoms with E-state index >= 15 is 0 Å². The topological polar surface area (TPSA) is 105 Å². The molecule has 1 fully saturated rings. The number of fused-ring (bicyclic) bond motifs is 1. The number of nitrogens with one attached hydrogen (secondary N) is 1. The van der Waals surface area contributed by atoms with Crippen LogP contribution >= 0.6 is 22.9 Å². The zero-order chi connectivity index (χ0) is 22.0. The number of primary sulfonamides is 1. The number of carbonyl (C=O) groups excluding carboxylic acids is 1. The van der Waals surface area contributed by atoms with E-state index in [1.165, 1.54) is 23.5 Å². The number of hydrogen-bond acceptors (Lipinski definition) is 6. The minimum atomic E-state index is -3.73. The third-order valence-electron chi connectivity index (χ3n) is 5.38. The summed E-state index contributed by atoms with van der Waals surface area (Å²) in [6.07, 6.45) is 2.36. The standard InChI is InChI=1S/C21H23ClN4O3S2/c22-17-4-1-5-18-19(17)25-21(30-18)26(20(27)15-3-2-11-24-13-15)12-10-14-6-8-16(9-7-14)31(23,28)29/h1,4-9,15,24H,2-3,10-13H2,(H2,23,28,29). The predicted molar refractivity (Wildman–Crippen MR) is 124 cm³/mol. The summed E-state index contributed by atoms with van der Waals surface area (Å²) < 4.78 is 23.9. The minimum Gasteiger partial charge on any atom is -0.316 e. The number of sulfonamides is 1. The number of anilines is 1. The molecular weight excluding hydrogens is 456 g/mol. The van der Waals surface area contributed by atoms with Crippen LogP contribution < -0.4 is 15.4 Å². The van der Waals surface area contributed by atoms with Crippen molar-refractivity contribution < 1.29 is 13.2 Å². The number of para-hydroxylation sites is 1. The highest BCUT2D eigenvalue weighted by Crippen LogP contribution is 2.34. The number of hydrogen-bond donors (Lipinski definition) is 2. The lowest BCUT2D eigenvalue weighted by Gasteiger charge is -2.28. The number of piperidine rings is 1. The first kappa shape index (κ1) is 22.2. The van der Waals surface area contributed by atoms with Gasteiger partial charge in [-0.15, -0.1) is 0 Å². The monoisotopic (exact) mass is 478 g/mol. The fourth-order valence-electron chi connectivity index (χ4n) is 3.69. The summed E-state index contributed by atoms with van der Waals surface area (Å²) in [6, 6.07) is 12.0. The number of halogens is 1. The highest BCUT2D eigenvalue weighted by molar-refractivity contribution is 7.89. The van der Waals surface area contributed by atoms with Crippen molar-refractivity contribution in [2.45, 2.75) is 24.2 Å². The van der Waals surface area contributed by atoms with Crippen LogP contribution in [-0.2, 0) is 21.2 Å². The summed E-state index contributed by atoms with van der Waals surface area (Å²) in [5, 5.41) is 9.66. The first-order chi connectivity index (χ1) is 14.8. The minimum absolute atomic E-state index is 0.0449. The summed E-state index contributed by atoms with van der Waals surface area (Å²) in [6.45, 7) is 2.02. The number of nitrogens with zero attached hydrogens (tertiary/aromatic N) is 2. The molecule has 0 bridgehead atoms. The maximum atomic E-state index is 13.4. The molecular formula is C21H23ClN4O3S2. The molecule has 0 saturated carbocycles. The lowest BCUT2D eigenvalue weighted by molar-refractivity contribution is -0.122. The maximum Gasteiger partial charge on any atom is 0.238 e. The van der Waals surface area contributed by atoms with Gasteiger partial charge in [0.15, 0.2) is 5.13 Å². The lowest BCUT2D eigenvalue weighted by atomic mass is 9.98. The Morgan fingerprint density at radius 3 is 2.68 bits per heavy atom. The van der Waals surface area contributed by atoms with E-state index in [0.717, 1.165) is 29.6 Å². The van der Waals surface area contributed by atoms with E-state index in [4.69, 9.17) is 16.7 Å². The molecule has 1 unspecified atom stereocenters. The Kier molecular flexibility index (Phi) is 6.59. The van der Waals surface area contributed by atoms with Crippen LogP contribution in [0.25, 0.3) is 10.2 Å². The lowest BCUT2D eigenvalue weighted by Crippen LogP contribution is -2.44. The molecule has 31 heavy (non-hydrogen) atoms. The van der Waals surface area contributed by atoms with Gasteiger partial charge in [0.1, 0.15) is 5.52 Å². The summed E-state index contributed by atoms with van der Waals surface area (Å²) in [7, 11) is -3.73. The van der Waals surface area contributed by atoms with Crippen LogP contribution in [0.2, 0.25) is 5.02 Å². The molecule has 1 atom stereocenters. The predicted octanol–water partition coefficient (Wildman–Crippen LogP) is 3.17. The second kappa shape index (κ2) is 9.22. The molecule has 1 aromatic heterocycles. The molecule has 2 heterocycles. The summed E-state index contributed by atoms with van der Waals surface area (Å²) in [5.41, 5.74) is 1.60. The van der Waals surface area contributed by atoms with Gasteiger partial charge in [-0.3, -0.25) is 9.69 Å². The number of aromatic nitrogens is 1. The number of benzene rings is 2. The highest BCUT2D eigenvalue weighted by Gasteiger charge is 2.28. The number of rotatable bonds is 6. The van der Waals surface area contributed by atoms with Crippen LogP contribution in [0.15, 0.2) is 47.4 Å². The number of thiazole rings is 1. The van der Waals surface area contributed by atoms with Crippen molar-refractivity contribution >= 4 is 54.2 Å². The van der Waals surface area contributed by atoms with E-state index in [0.29, 0.717) is 35.2 Å². The molecule has 0 radical (unpaired) electrons. The van der Waals surface area contributed by atoms with E-state index in [-0.39, 0.29) is 16.7 Å². The summed E-state index contributed by atoms with van der Waals surface area (Å²) in [5.74, 6) is -0.0514. The van der Waals surface area contributed by atoms with Crippen molar-refractivity contribution in [3.05, 3.63) is 53.1 Å². The smallest absolute Gasteiger partial charge is 0.238 e. The number of nitrogens with two attached hydrogens (primary N) is 1. The van der Waals surface area contributed by atoms with Gasteiger partial charge < -0.3 is 5.32 Å². The van der Waals surface area contributed by atoms with Gasteiger partial charge in [0, 0.05) is 13.1 Å². The molecule has 1 saturated heterocycles. The Hall–Kier alpha value is -2.04. The molecule has 1 aliphatic rings. The SMILES string of the molecule is NS(=O)(=O)c1ccc(CCN(C(=O)C2CCCNC2)c2nc3c(Cl)cccc3s2)cc1. The van der Waals surface area contributed by atoms with Crippen LogP contribution in [0.4, 0.5) is 5.13 Å². The van der Waals surface area contributed by atoms with Gasteiger partial charge >= 0.3 is 0 Å². The Bertz CT molecular complexity index is 1190. The molecule has 10 heteroatoms. The molecule has 2 aromatic carbocycles. The molecule has 1 amide bonds. The van der Waals surface area contributed by atoms with Crippen LogP contribution in [0.1, 0.15) is 18.4 Å². The molecule has 0 spiro atoms. The van der Waals surface area contributed by atoms with Gasteiger partial charge in [0.2, 0.25) is 15.9 Å². The highest BCUT2D eigenvalue weighted by atomic mass is 35.5. The van der Waals surface area contributed by atoms with Crippen molar-refractivity contribution in [3.8, 4) is 0 Å². The van der Waals surface area contributed by atoms with Crippen molar-refractivity contribution in [3.63, 3.8) is 0 Å². The van der Waals surface area contributed by atoms with Gasteiger partial charge in [-0.25, -0.2) is 18.5 Å². The Labute approximate surface area is 190 Å². The number of amides is 1. The number of carbonyl (C=O) groups is 1. The van der Waals surface area contributed by atoms with Crippen molar-refractivity contribution in [2.24, 2.45) is 11.1 Å². The van der Waals surface area contributed by atoms with Gasteiger partial charge in [-0.2, -0.15) is 0 Å². The third-order valence-corrected chi connectivity index (χ3v) is 7.66. The average molecular weight is 479 g/mol. The van der Waals surface area contributed by atoms with Crippen LogP contribution in [0, 0.1) is 5.92 Å². The van der Waals surface area contributed by atoms with E-state index < -0.39 is 10.0 Å². The Balaban J connectivity index is 1.60. The van der Waals surface area contributed by atoms with Gasteiger partial charge in [-0.1, -0.05) is 41.1 Å². The molecule has 0 aliphatic carbocycles. The molecule has 3 aromatic rings. The first-order valence-corrected chi connectivity index (χ1v) is 12.8. The molecule has 164 valence electrons. The second-order valence-electron chi connectivity index (χ2n) is 7.56. The van der Waals surface area contributed by atoms with E-state index in [1.54, 1.807) is 23.1 Å². The van der Waals surface area contributed by atoms with E-state index in [1.807, 2.05) is 12.1 Å².